The number of hydrogen-bond donors (Lipinski definition) is 0. The largest absolute Gasteiger partial charge is 1.00 e. The molecule has 0 saturated heterocycles. The molecule has 0 fully saturated rings. The van der Waals surface area contributed by atoms with E-state index in [4.69, 9.17) is 0 Å². The average Bonchev–Trinajstić information content (AvgIpc) is 1.69. The number of carbonyl (C=O) groups is 1. The second kappa shape index (κ2) is 3.94. The van der Waals surface area contributed by atoms with Crippen molar-refractivity contribution in [3.63, 3.8) is 0 Å². The zero-order chi connectivity index (χ0) is 5.11. The zero-order valence-electron chi connectivity index (χ0n) is 5.18. The van der Waals surface area contributed by atoms with E-state index in [1.54, 1.807) is 6.08 Å². The molecule has 0 aromatic carbocycles. The van der Waals surface area contributed by atoms with Crippen molar-refractivity contribution < 1.29 is 23.7 Å². The predicted octanol–water partition coefficient (Wildman–Crippen LogP) is -1.70. The summed E-state index contributed by atoms with van der Waals surface area (Å²) in [6, 6.07) is 0. The van der Waals surface area contributed by atoms with E-state index in [-0.39, 0.29) is 24.6 Å². The Labute approximate surface area is 61.3 Å². The minimum absolute atomic E-state index is 0. The van der Waals surface area contributed by atoms with Crippen molar-refractivity contribution >= 4 is 5.78 Å². The Hall–Kier alpha value is 0.00740. The fraction of sp³-hybridized carbons (Fsp3) is 0.500. The van der Waals surface area contributed by atoms with Gasteiger partial charge in [0.05, 0.1) is 0 Å². The van der Waals surface area contributed by atoms with Crippen LogP contribution in [-0.2, 0) is 4.79 Å². The van der Waals surface area contributed by atoms with Crippen LogP contribution in [0.5, 0.6) is 0 Å². The van der Waals surface area contributed by atoms with Crippen molar-refractivity contribution in [1.82, 2.24) is 0 Å². The van der Waals surface area contributed by atoms with Crippen molar-refractivity contribution in [3.05, 3.63) is 12.2 Å². The van der Waals surface area contributed by atoms with Crippen molar-refractivity contribution in [2.45, 2.75) is 19.3 Å². The first kappa shape index (κ1) is 8.01. The molecule has 1 aliphatic carbocycles. The predicted molar refractivity (Wildman–Crippen MR) is 28.0 cm³/mol. The van der Waals surface area contributed by atoms with E-state index >= 15 is 0 Å². The van der Waals surface area contributed by atoms with Crippen LogP contribution in [0.3, 0.4) is 0 Å². The molecule has 2 heteroatoms. The van der Waals surface area contributed by atoms with Gasteiger partial charge in [-0.05, 0) is 18.9 Å². The first-order chi connectivity index (χ1) is 3.39. The number of hydrogen-bond acceptors (Lipinski definition) is 1. The number of ketones is 1. The molecule has 0 N–H and O–H groups in total. The molecule has 0 spiro atoms. The van der Waals surface area contributed by atoms with Crippen LogP contribution in [-0.4, -0.2) is 5.78 Å². The Morgan fingerprint density at radius 1 is 1.50 bits per heavy atom. The van der Waals surface area contributed by atoms with Crippen molar-refractivity contribution in [2.24, 2.45) is 0 Å². The molecule has 0 aromatic rings. The minimum atomic E-state index is 0. The molecule has 0 amide bonds. The number of allylic oxidation sites excluding steroid dienone is 2. The summed E-state index contributed by atoms with van der Waals surface area (Å²) in [6.07, 6.45) is 6.51. The van der Waals surface area contributed by atoms with Gasteiger partial charge in [-0.15, -0.1) is 0 Å². The fourth-order valence-electron chi connectivity index (χ4n) is 0.692. The summed E-state index contributed by atoms with van der Waals surface area (Å²) in [5, 5.41) is 0. The molecule has 0 radical (unpaired) electrons. The zero-order valence-corrected chi connectivity index (χ0v) is 5.18. The van der Waals surface area contributed by atoms with Gasteiger partial charge in [0.1, 0.15) is 0 Å². The molecule has 0 unspecified atom stereocenters. The summed E-state index contributed by atoms with van der Waals surface area (Å²) in [7, 11) is 0. The summed E-state index contributed by atoms with van der Waals surface area (Å²) < 4.78 is 0. The third-order valence-corrected chi connectivity index (χ3v) is 1.10. The van der Waals surface area contributed by atoms with Gasteiger partial charge < -0.3 is 0 Å². The summed E-state index contributed by atoms with van der Waals surface area (Å²) in [6.45, 7) is 0. The molecular weight excluding hydrogens is 95.0 g/mol. The van der Waals surface area contributed by atoms with E-state index in [0.717, 1.165) is 19.3 Å². The van der Waals surface area contributed by atoms with Gasteiger partial charge in [0.15, 0.2) is 5.78 Å². The molecule has 0 aliphatic heterocycles. The van der Waals surface area contributed by atoms with Gasteiger partial charge in [0, 0.05) is 6.42 Å². The third kappa shape index (κ3) is 2.35. The Balaban J connectivity index is 0.000000490. The van der Waals surface area contributed by atoms with Crippen LogP contribution in [0.15, 0.2) is 12.2 Å². The van der Waals surface area contributed by atoms with Crippen LogP contribution < -0.4 is 18.9 Å². The molecule has 0 bridgehead atoms. The Kier molecular flexibility index (Phi) is 3.95. The van der Waals surface area contributed by atoms with Gasteiger partial charge in [-0.1, -0.05) is 6.08 Å². The first-order valence-corrected chi connectivity index (χ1v) is 2.59. The maximum absolute atomic E-state index is 10.4. The second-order valence-electron chi connectivity index (χ2n) is 1.76. The van der Waals surface area contributed by atoms with Gasteiger partial charge in [0.25, 0.3) is 0 Å². The molecule has 1 aliphatic rings. The Bertz CT molecular complexity index is 107. The van der Waals surface area contributed by atoms with Crippen LogP contribution >= 0.6 is 0 Å². The molecule has 8 heavy (non-hydrogen) atoms. The van der Waals surface area contributed by atoms with Crippen LogP contribution in [0.2, 0.25) is 0 Å². The number of carbonyl (C=O) groups excluding carboxylic acids is 1. The Morgan fingerprint density at radius 2 is 2.25 bits per heavy atom. The molecule has 1 nitrogen and oxygen atoms in total. The topological polar surface area (TPSA) is 17.1 Å². The van der Waals surface area contributed by atoms with Gasteiger partial charge >= 0.3 is 18.9 Å². The minimum Gasteiger partial charge on any atom is -0.295 e. The van der Waals surface area contributed by atoms with Crippen LogP contribution in [0, 0.1) is 0 Å². The fourth-order valence-corrected chi connectivity index (χ4v) is 0.692. The van der Waals surface area contributed by atoms with Gasteiger partial charge in [-0.25, -0.2) is 0 Å². The maximum Gasteiger partial charge on any atom is 1.00 e. The second-order valence-corrected chi connectivity index (χ2v) is 1.76. The van der Waals surface area contributed by atoms with E-state index < -0.39 is 0 Å². The summed E-state index contributed by atoms with van der Waals surface area (Å²) >= 11 is 0. The van der Waals surface area contributed by atoms with E-state index in [9.17, 15) is 4.79 Å². The maximum atomic E-state index is 10.4. The summed E-state index contributed by atoms with van der Waals surface area (Å²) in [4.78, 5) is 10.4. The van der Waals surface area contributed by atoms with Crippen molar-refractivity contribution in [2.75, 3.05) is 0 Å². The SMILES string of the molecule is O=C1C=CCCC1.[Li+]. The van der Waals surface area contributed by atoms with Crippen LogP contribution in [0.25, 0.3) is 0 Å². The number of rotatable bonds is 0. The molecule has 0 heterocycles. The average molecular weight is 103 g/mol. The molecule has 0 atom stereocenters. The van der Waals surface area contributed by atoms with E-state index in [1.165, 1.54) is 0 Å². The van der Waals surface area contributed by atoms with E-state index in [2.05, 4.69) is 0 Å². The molecule has 1 rings (SSSR count). The molecule has 38 valence electrons. The summed E-state index contributed by atoms with van der Waals surface area (Å²) in [5.74, 6) is 0.284. The standard InChI is InChI=1S/C6H8O.Li/c7-6-4-2-1-3-5-6;/h2,4H,1,3,5H2;/q;+1. The molecule has 0 saturated carbocycles. The normalized spacial score (nSPS) is 17.8. The van der Waals surface area contributed by atoms with Crippen molar-refractivity contribution in [3.8, 4) is 0 Å². The smallest absolute Gasteiger partial charge is 0.295 e. The Morgan fingerprint density at radius 3 is 2.50 bits per heavy atom. The van der Waals surface area contributed by atoms with Gasteiger partial charge in [0.2, 0.25) is 0 Å². The first-order valence-electron chi connectivity index (χ1n) is 2.59. The third-order valence-electron chi connectivity index (χ3n) is 1.10. The van der Waals surface area contributed by atoms with Gasteiger partial charge in [-0.3, -0.25) is 4.79 Å². The molecule has 0 aromatic heterocycles. The molecular formula is C6H8LiO+. The van der Waals surface area contributed by atoms with E-state index in [0.29, 0.717) is 0 Å². The van der Waals surface area contributed by atoms with Gasteiger partial charge in [-0.2, -0.15) is 0 Å². The quantitative estimate of drug-likeness (QED) is 0.334. The van der Waals surface area contributed by atoms with E-state index in [1.807, 2.05) is 6.08 Å². The van der Waals surface area contributed by atoms with Crippen molar-refractivity contribution in [1.29, 1.82) is 0 Å². The van der Waals surface area contributed by atoms with Crippen LogP contribution in [0.4, 0.5) is 0 Å². The monoisotopic (exact) mass is 103 g/mol. The summed E-state index contributed by atoms with van der Waals surface area (Å²) in [5.41, 5.74) is 0. The van der Waals surface area contributed by atoms with Crippen LogP contribution in [0.1, 0.15) is 19.3 Å².